The van der Waals surface area contributed by atoms with Gasteiger partial charge in [0.05, 0.1) is 17.0 Å². The summed E-state index contributed by atoms with van der Waals surface area (Å²) < 4.78 is 29.3. The Morgan fingerprint density at radius 3 is 1.89 bits per heavy atom. The largest absolute Gasteiger partial charge is 0.244 e. The van der Waals surface area contributed by atoms with Crippen molar-refractivity contribution in [3.05, 3.63) is 88.5 Å². The molecule has 2 fully saturated rings. The summed E-state index contributed by atoms with van der Waals surface area (Å²) in [5, 5.41) is 0. The molecule has 4 heteroatoms. The Bertz CT molecular complexity index is 1090. The third-order valence-corrected chi connectivity index (χ3v) is 8.92. The number of aryl methyl sites for hydroxylation is 1. The summed E-state index contributed by atoms with van der Waals surface area (Å²) in [7, 11) is -3.57. The molecule has 142 valence electrons. The predicted molar refractivity (Wildman–Crippen MR) is 109 cm³/mol. The summed E-state index contributed by atoms with van der Waals surface area (Å²) in [5.74, 6) is 0.494. The summed E-state index contributed by atoms with van der Waals surface area (Å²) in [5.41, 5.74) is 6.37. The van der Waals surface area contributed by atoms with Crippen LogP contribution >= 0.6 is 0 Å². The van der Waals surface area contributed by atoms with Crippen molar-refractivity contribution in [3.8, 4) is 0 Å². The molecule has 2 aliphatic carbocycles. The average Bonchev–Trinajstić information content (AvgIpc) is 3.37. The molecule has 2 aliphatic heterocycles. The lowest BCUT2D eigenvalue weighted by atomic mass is 9.72. The Balaban J connectivity index is 1.53. The highest BCUT2D eigenvalue weighted by molar-refractivity contribution is 7.89. The molecule has 4 aliphatic rings. The first-order valence-electron chi connectivity index (χ1n) is 10.2. The molecule has 28 heavy (non-hydrogen) atoms. The van der Waals surface area contributed by atoms with Gasteiger partial charge in [0, 0.05) is 11.8 Å². The van der Waals surface area contributed by atoms with Crippen LogP contribution in [0, 0.1) is 18.8 Å². The highest BCUT2D eigenvalue weighted by Crippen LogP contribution is 2.64. The van der Waals surface area contributed by atoms with Crippen molar-refractivity contribution in [3.63, 3.8) is 0 Å². The molecule has 0 aromatic heterocycles. The Kier molecular flexibility index (Phi) is 3.40. The van der Waals surface area contributed by atoms with Crippen molar-refractivity contribution in [2.75, 3.05) is 0 Å². The smallest absolute Gasteiger partial charge is 0.207 e. The maximum absolute atomic E-state index is 13.7. The van der Waals surface area contributed by atoms with E-state index in [9.17, 15) is 8.42 Å². The van der Waals surface area contributed by atoms with E-state index in [-0.39, 0.29) is 23.9 Å². The van der Waals surface area contributed by atoms with Crippen LogP contribution in [-0.2, 0) is 10.0 Å². The van der Waals surface area contributed by atoms with Crippen LogP contribution in [-0.4, -0.2) is 12.7 Å². The number of benzene rings is 2. The van der Waals surface area contributed by atoms with Gasteiger partial charge in [-0.05, 0) is 60.6 Å². The summed E-state index contributed by atoms with van der Waals surface area (Å²) >= 11 is 0. The van der Waals surface area contributed by atoms with Crippen LogP contribution in [0.4, 0.5) is 0 Å². The maximum Gasteiger partial charge on any atom is 0.244 e. The number of sulfonamides is 1. The second-order valence-electron chi connectivity index (χ2n) is 8.56. The van der Waals surface area contributed by atoms with E-state index in [1.807, 2.05) is 35.5 Å². The molecule has 2 aromatic carbocycles. The van der Waals surface area contributed by atoms with Crippen molar-refractivity contribution >= 4 is 10.0 Å². The van der Waals surface area contributed by atoms with Crippen LogP contribution in [0.1, 0.15) is 48.0 Å². The van der Waals surface area contributed by atoms with Crippen LogP contribution < -0.4 is 0 Å². The minimum absolute atomic E-state index is 0.0941. The summed E-state index contributed by atoms with van der Waals surface area (Å²) in [4.78, 5) is 0.403. The zero-order chi connectivity index (χ0) is 19.0. The molecular weight excluding hydrogens is 366 g/mol. The van der Waals surface area contributed by atoms with Crippen molar-refractivity contribution < 1.29 is 8.42 Å². The van der Waals surface area contributed by atoms with Gasteiger partial charge in [-0.1, -0.05) is 54.1 Å². The lowest BCUT2D eigenvalue weighted by molar-refractivity contribution is 0.350. The standard InChI is InChI=1S/C24H23NO2S/c1-15-9-11-18(12-10-15)28(26,27)25-23-19-7-2-3-8-20(19)24(25)22-14-17-6-4-5-16(17)13-21(22)23/h2-3,7-14,21-24H,4-6H2,1H3/t21-,22+,23+,24-. The Morgan fingerprint density at radius 1 is 0.821 bits per heavy atom. The van der Waals surface area contributed by atoms with Crippen LogP contribution in [0.15, 0.2) is 76.7 Å². The molecule has 2 heterocycles. The van der Waals surface area contributed by atoms with E-state index in [2.05, 4.69) is 24.3 Å². The Morgan fingerprint density at radius 2 is 1.36 bits per heavy atom. The first-order valence-corrected chi connectivity index (χ1v) is 11.6. The third kappa shape index (κ3) is 2.10. The highest BCUT2D eigenvalue weighted by atomic mass is 32.2. The van der Waals surface area contributed by atoms with Gasteiger partial charge >= 0.3 is 0 Å². The minimum Gasteiger partial charge on any atom is -0.207 e. The number of hydrogen-bond donors (Lipinski definition) is 0. The van der Waals surface area contributed by atoms with Gasteiger partial charge in [-0.2, -0.15) is 4.31 Å². The molecule has 4 atom stereocenters. The zero-order valence-corrected chi connectivity index (χ0v) is 16.7. The van der Waals surface area contributed by atoms with Gasteiger partial charge in [-0.25, -0.2) is 8.42 Å². The van der Waals surface area contributed by atoms with E-state index in [1.165, 1.54) is 28.7 Å². The molecule has 1 saturated heterocycles. The highest BCUT2D eigenvalue weighted by Gasteiger charge is 2.59. The maximum atomic E-state index is 13.7. The van der Waals surface area contributed by atoms with E-state index in [0.29, 0.717) is 4.90 Å². The van der Waals surface area contributed by atoms with E-state index in [4.69, 9.17) is 0 Å². The number of fused-ring (bicyclic) bond motifs is 9. The number of nitrogens with zero attached hydrogens (tertiary/aromatic N) is 1. The fourth-order valence-corrected chi connectivity index (χ4v) is 7.67. The molecule has 2 aromatic rings. The average molecular weight is 390 g/mol. The molecule has 0 radical (unpaired) electrons. The van der Waals surface area contributed by atoms with Gasteiger partial charge in [0.15, 0.2) is 0 Å². The molecule has 1 saturated carbocycles. The topological polar surface area (TPSA) is 37.4 Å². The van der Waals surface area contributed by atoms with E-state index >= 15 is 0 Å². The van der Waals surface area contributed by atoms with Crippen molar-refractivity contribution in [2.45, 2.75) is 43.2 Å². The normalized spacial score (nSPS) is 30.5. The molecule has 0 N–H and O–H groups in total. The van der Waals surface area contributed by atoms with E-state index < -0.39 is 10.0 Å². The Hall–Kier alpha value is -2.17. The predicted octanol–water partition coefficient (Wildman–Crippen LogP) is 5.08. The Labute approximate surface area is 166 Å². The van der Waals surface area contributed by atoms with Gasteiger partial charge in [0.1, 0.15) is 0 Å². The second-order valence-corrected chi connectivity index (χ2v) is 10.4. The quantitative estimate of drug-likeness (QED) is 0.718. The fraction of sp³-hybridized carbons (Fsp3) is 0.333. The van der Waals surface area contributed by atoms with Gasteiger partial charge in [0.25, 0.3) is 0 Å². The number of hydrogen-bond acceptors (Lipinski definition) is 2. The van der Waals surface area contributed by atoms with Gasteiger partial charge in [0.2, 0.25) is 10.0 Å². The van der Waals surface area contributed by atoms with Crippen LogP contribution in [0.25, 0.3) is 0 Å². The third-order valence-electron chi connectivity index (χ3n) is 7.04. The summed E-state index contributed by atoms with van der Waals surface area (Å²) in [6.07, 6.45) is 8.32. The van der Waals surface area contributed by atoms with Crippen LogP contribution in [0.3, 0.4) is 0 Å². The zero-order valence-electron chi connectivity index (χ0n) is 15.9. The first kappa shape index (κ1) is 16.8. The van der Waals surface area contributed by atoms with Gasteiger partial charge in [-0.15, -0.1) is 0 Å². The minimum atomic E-state index is -3.57. The number of rotatable bonds is 2. The SMILES string of the molecule is Cc1ccc(S(=O)(=O)N2[C@@H]3c4ccccc4[C@H]2[C@@H]2C=C4CCCC4=C[C@@H]23)cc1. The lowest BCUT2D eigenvalue weighted by Crippen LogP contribution is -2.29. The summed E-state index contributed by atoms with van der Waals surface area (Å²) in [6.45, 7) is 1.98. The monoisotopic (exact) mass is 389 g/mol. The molecule has 0 amide bonds. The van der Waals surface area contributed by atoms with Crippen molar-refractivity contribution in [1.29, 1.82) is 0 Å². The summed E-state index contributed by atoms with van der Waals surface area (Å²) in [6, 6.07) is 15.4. The second kappa shape index (κ2) is 5.68. The van der Waals surface area contributed by atoms with Crippen LogP contribution in [0.5, 0.6) is 0 Å². The molecule has 0 unspecified atom stereocenters. The van der Waals surface area contributed by atoms with E-state index in [0.717, 1.165) is 18.4 Å². The molecule has 0 spiro atoms. The fourth-order valence-electron chi connectivity index (χ4n) is 5.84. The molecule has 2 bridgehead atoms. The number of allylic oxidation sites excluding steroid dienone is 2. The van der Waals surface area contributed by atoms with E-state index in [1.54, 1.807) is 12.1 Å². The molecule has 3 nitrogen and oxygen atoms in total. The van der Waals surface area contributed by atoms with Gasteiger partial charge in [-0.3, -0.25) is 0 Å². The van der Waals surface area contributed by atoms with Crippen molar-refractivity contribution in [1.82, 2.24) is 4.31 Å². The van der Waals surface area contributed by atoms with Crippen molar-refractivity contribution in [2.24, 2.45) is 11.8 Å². The lowest BCUT2D eigenvalue weighted by Gasteiger charge is -2.30. The van der Waals surface area contributed by atoms with Crippen LogP contribution in [0.2, 0.25) is 0 Å². The molecular formula is C24H23NO2S. The van der Waals surface area contributed by atoms with Gasteiger partial charge < -0.3 is 0 Å². The first-order chi connectivity index (χ1) is 13.6. The molecule has 6 rings (SSSR count).